The van der Waals surface area contributed by atoms with Gasteiger partial charge in [-0.05, 0) is 30.4 Å². The summed E-state index contributed by atoms with van der Waals surface area (Å²) in [5, 5.41) is 3.33. The molecule has 1 aromatic carbocycles. The summed E-state index contributed by atoms with van der Waals surface area (Å²) in [6.45, 7) is 6.68. The fourth-order valence-corrected chi connectivity index (χ4v) is 2.18. The Kier molecular flexibility index (Phi) is 2.70. The predicted molar refractivity (Wildman–Crippen MR) is 62.4 cm³/mol. The van der Waals surface area contributed by atoms with Crippen LogP contribution in [0.5, 0.6) is 5.75 Å². The van der Waals surface area contributed by atoms with Gasteiger partial charge in [0.05, 0.1) is 7.11 Å². The molecular weight excluding hydrogens is 186 g/mol. The van der Waals surface area contributed by atoms with E-state index in [1.165, 1.54) is 11.1 Å². The SMILES string of the molecule is COc1ccc(C)cc1CC1(C)CNC1. The average Bonchev–Trinajstić information content (AvgIpc) is 2.16. The Balaban J connectivity index is 2.21. The number of methoxy groups -OCH3 is 1. The molecule has 0 saturated carbocycles. The van der Waals surface area contributed by atoms with Crippen LogP contribution in [-0.4, -0.2) is 20.2 Å². The van der Waals surface area contributed by atoms with Crippen LogP contribution < -0.4 is 10.1 Å². The van der Waals surface area contributed by atoms with E-state index in [4.69, 9.17) is 4.74 Å². The summed E-state index contributed by atoms with van der Waals surface area (Å²) in [4.78, 5) is 0. The lowest BCUT2D eigenvalue weighted by atomic mass is 9.78. The van der Waals surface area contributed by atoms with E-state index >= 15 is 0 Å². The molecule has 0 spiro atoms. The average molecular weight is 205 g/mol. The molecule has 1 heterocycles. The lowest BCUT2D eigenvalue weighted by Crippen LogP contribution is -2.52. The van der Waals surface area contributed by atoms with Crippen LogP contribution in [-0.2, 0) is 6.42 Å². The molecule has 2 heteroatoms. The molecule has 0 aliphatic carbocycles. The standard InChI is InChI=1S/C13H19NO/c1-10-4-5-12(15-3)11(6-10)7-13(2)8-14-9-13/h4-6,14H,7-9H2,1-3H3. The number of hydrogen-bond donors (Lipinski definition) is 1. The third-order valence-corrected chi connectivity index (χ3v) is 3.16. The molecule has 1 N–H and O–H groups in total. The second kappa shape index (κ2) is 3.86. The van der Waals surface area contributed by atoms with E-state index < -0.39 is 0 Å². The largest absolute Gasteiger partial charge is 0.496 e. The van der Waals surface area contributed by atoms with Gasteiger partial charge >= 0.3 is 0 Å². The van der Waals surface area contributed by atoms with Crippen LogP contribution >= 0.6 is 0 Å². The first-order valence-corrected chi connectivity index (χ1v) is 5.47. The van der Waals surface area contributed by atoms with Crippen molar-refractivity contribution in [3.8, 4) is 5.75 Å². The van der Waals surface area contributed by atoms with Crippen molar-refractivity contribution in [2.24, 2.45) is 5.41 Å². The Morgan fingerprint density at radius 1 is 1.40 bits per heavy atom. The van der Waals surface area contributed by atoms with Crippen LogP contribution in [0.15, 0.2) is 18.2 Å². The van der Waals surface area contributed by atoms with Crippen molar-refractivity contribution < 1.29 is 4.74 Å². The quantitative estimate of drug-likeness (QED) is 0.816. The van der Waals surface area contributed by atoms with Gasteiger partial charge in [0.15, 0.2) is 0 Å². The van der Waals surface area contributed by atoms with Crippen LogP contribution in [0.4, 0.5) is 0 Å². The summed E-state index contributed by atoms with van der Waals surface area (Å²) in [6.07, 6.45) is 1.10. The van der Waals surface area contributed by atoms with Gasteiger partial charge in [-0.1, -0.05) is 24.6 Å². The van der Waals surface area contributed by atoms with Gasteiger partial charge in [0.1, 0.15) is 5.75 Å². The minimum Gasteiger partial charge on any atom is -0.496 e. The minimum atomic E-state index is 0.418. The Morgan fingerprint density at radius 2 is 2.13 bits per heavy atom. The summed E-state index contributed by atoms with van der Waals surface area (Å²) >= 11 is 0. The molecule has 1 aromatic rings. The van der Waals surface area contributed by atoms with Gasteiger partial charge in [0.2, 0.25) is 0 Å². The van der Waals surface area contributed by atoms with Gasteiger partial charge in [0, 0.05) is 13.1 Å². The minimum absolute atomic E-state index is 0.418. The van der Waals surface area contributed by atoms with Crippen LogP contribution in [0, 0.1) is 12.3 Å². The van der Waals surface area contributed by atoms with Gasteiger partial charge < -0.3 is 10.1 Å². The van der Waals surface area contributed by atoms with Gasteiger partial charge in [-0.25, -0.2) is 0 Å². The normalized spacial score (nSPS) is 18.3. The number of nitrogens with one attached hydrogen (secondary N) is 1. The highest BCUT2D eigenvalue weighted by molar-refractivity contribution is 5.37. The highest BCUT2D eigenvalue weighted by Gasteiger charge is 2.32. The highest BCUT2D eigenvalue weighted by Crippen LogP contribution is 2.31. The highest BCUT2D eigenvalue weighted by atomic mass is 16.5. The van der Waals surface area contributed by atoms with Crippen molar-refractivity contribution in [2.45, 2.75) is 20.3 Å². The van der Waals surface area contributed by atoms with E-state index in [1.54, 1.807) is 7.11 Å². The van der Waals surface area contributed by atoms with Gasteiger partial charge in [-0.2, -0.15) is 0 Å². The second-order valence-electron chi connectivity index (χ2n) is 4.91. The van der Waals surface area contributed by atoms with Crippen molar-refractivity contribution in [1.29, 1.82) is 0 Å². The molecule has 0 bridgehead atoms. The van der Waals surface area contributed by atoms with Crippen LogP contribution in [0.1, 0.15) is 18.1 Å². The van der Waals surface area contributed by atoms with Crippen molar-refractivity contribution in [2.75, 3.05) is 20.2 Å². The third-order valence-electron chi connectivity index (χ3n) is 3.16. The van der Waals surface area contributed by atoms with Crippen molar-refractivity contribution in [3.63, 3.8) is 0 Å². The summed E-state index contributed by atoms with van der Waals surface area (Å²) in [5.41, 5.74) is 3.06. The number of benzene rings is 1. The van der Waals surface area contributed by atoms with E-state index in [-0.39, 0.29) is 0 Å². The maximum atomic E-state index is 5.39. The molecule has 2 nitrogen and oxygen atoms in total. The first-order valence-electron chi connectivity index (χ1n) is 5.47. The molecule has 0 radical (unpaired) electrons. The van der Waals surface area contributed by atoms with Crippen molar-refractivity contribution >= 4 is 0 Å². The summed E-state index contributed by atoms with van der Waals surface area (Å²) in [7, 11) is 1.75. The second-order valence-corrected chi connectivity index (χ2v) is 4.91. The van der Waals surface area contributed by atoms with E-state index in [0.717, 1.165) is 25.3 Å². The first kappa shape index (κ1) is 10.5. The zero-order valence-corrected chi connectivity index (χ0v) is 9.76. The first-order chi connectivity index (χ1) is 7.13. The zero-order chi connectivity index (χ0) is 10.9. The van der Waals surface area contributed by atoms with E-state index in [1.807, 2.05) is 0 Å². The smallest absolute Gasteiger partial charge is 0.122 e. The number of ether oxygens (including phenoxy) is 1. The van der Waals surface area contributed by atoms with Crippen LogP contribution in [0.25, 0.3) is 0 Å². The molecule has 1 fully saturated rings. The molecule has 1 aliphatic rings. The Labute approximate surface area is 91.6 Å². The number of hydrogen-bond acceptors (Lipinski definition) is 2. The topological polar surface area (TPSA) is 21.3 Å². The fraction of sp³-hybridized carbons (Fsp3) is 0.538. The summed E-state index contributed by atoms with van der Waals surface area (Å²) in [6, 6.07) is 6.41. The Morgan fingerprint density at radius 3 is 2.67 bits per heavy atom. The van der Waals surface area contributed by atoms with Gasteiger partial charge in [-0.15, -0.1) is 0 Å². The molecule has 2 rings (SSSR count). The number of rotatable bonds is 3. The molecule has 0 unspecified atom stereocenters. The predicted octanol–water partition coefficient (Wildman–Crippen LogP) is 2.16. The van der Waals surface area contributed by atoms with Gasteiger partial charge in [0.25, 0.3) is 0 Å². The van der Waals surface area contributed by atoms with E-state index in [2.05, 4.69) is 37.4 Å². The van der Waals surface area contributed by atoms with Gasteiger partial charge in [-0.3, -0.25) is 0 Å². The zero-order valence-electron chi connectivity index (χ0n) is 9.76. The molecule has 1 saturated heterocycles. The maximum absolute atomic E-state index is 5.39. The summed E-state index contributed by atoms with van der Waals surface area (Å²) in [5.74, 6) is 1.02. The third kappa shape index (κ3) is 2.15. The molecule has 0 aromatic heterocycles. The number of aryl methyl sites for hydroxylation is 1. The molecule has 0 amide bonds. The van der Waals surface area contributed by atoms with Crippen LogP contribution in [0.2, 0.25) is 0 Å². The Bertz CT molecular complexity index is 356. The lowest BCUT2D eigenvalue weighted by Gasteiger charge is -2.39. The Hall–Kier alpha value is -1.02. The fourth-order valence-electron chi connectivity index (χ4n) is 2.18. The maximum Gasteiger partial charge on any atom is 0.122 e. The van der Waals surface area contributed by atoms with E-state index in [0.29, 0.717) is 5.41 Å². The van der Waals surface area contributed by atoms with Crippen molar-refractivity contribution in [3.05, 3.63) is 29.3 Å². The molecule has 1 aliphatic heterocycles. The molecule has 15 heavy (non-hydrogen) atoms. The molecular formula is C13H19NO. The lowest BCUT2D eigenvalue weighted by molar-refractivity contribution is 0.193. The monoisotopic (exact) mass is 205 g/mol. The van der Waals surface area contributed by atoms with Crippen molar-refractivity contribution in [1.82, 2.24) is 5.32 Å². The van der Waals surface area contributed by atoms with E-state index in [9.17, 15) is 0 Å². The molecule has 82 valence electrons. The molecule has 0 atom stereocenters. The van der Waals surface area contributed by atoms with Crippen LogP contribution in [0.3, 0.4) is 0 Å². The summed E-state index contributed by atoms with van der Waals surface area (Å²) < 4.78 is 5.39.